The van der Waals surface area contributed by atoms with Crippen molar-refractivity contribution in [3.05, 3.63) is 24.4 Å². The number of para-hydroxylation sites is 1. The van der Waals surface area contributed by atoms with Crippen molar-refractivity contribution in [2.45, 2.75) is 31.7 Å². The minimum Gasteiger partial charge on any atom is -0.369 e. The fourth-order valence-corrected chi connectivity index (χ4v) is 6.95. The van der Waals surface area contributed by atoms with Crippen LogP contribution in [-0.4, -0.2) is 84.8 Å². The highest BCUT2D eigenvalue weighted by atomic mass is 32.2. The number of sulfonamides is 1. The second kappa shape index (κ2) is 8.62. The number of benzene rings is 1. The molecule has 1 atom stereocenters. The zero-order chi connectivity index (χ0) is 22.3. The molecule has 1 unspecified atom stereocenters. The molecule has 0 saturated carbocycles. The minimum absolute atomic E-state index is 0.184. The average molecular weight is 477 g/mol. The van der Waals surface area contributed by atoms with Crippen molar-refractivity contribution >= 4 is 44.5 Å². The number of hydrogen-bond acceptors (Lipinski definition) is 8. The molecule has 3 fully saturated rings. The summed E-state index contributed by atoms with van der Waals surface area (Å²) >= 11 is 1.86. The number of aromatic nitrogens is 2. The van der Waals surface area contributed by atoms with Gasteiger partial charge in [0.2, 0.25) is 16.0 Å². The molecule has 8 nitrogen and oxygen atoms in total. The smallest absolute Gasteiger partial charge is 0.223 e. The van der Waals surface area contributed by atoms with Crippen LogP contribution in [0.15, 0.2) is 24.4 Å². The molecule has 1 spiro atoms. The first kappa shape index (κ1) is 22.2. The lowest BCUT2D eigenvalue weighted by Gasteiger charge is -2.30. The van der Waals surface area contributed by atoms with Gasteiger partial charge in [-0.05, 0) is 38.0 Å². The second-order valence-corrected chi connectivity index (χ2v) is 12.3. The summed E-state index contributed by atoms with van der Waals surface area (Å²) in [5, 5.41) is 4.51. The molecule has 3 aliphatic rings. The molecule has 1 aromatic carbocycles. The third-order valence-corrected chi connectivity index (χ3v) is 9.42. The van der Waals surface area contributed by atoms with E-state index in [0.717, 1.165) is 36.8 Å². The molecule has 0 radical (unpaired) electrons. The Balaban J connectivity index is 1.32. The number of anilines is 2. The fourth-order valence-electron chi connectivity index (χ4n) is 5.40. The summed E-state index contributed by atoms with van der Waals surface area (Å²) in [6.45, 7) is 5.58. The van der Waals surface area contributed by atoms with E-state index in [2.05, 4.69) is 44.0 Å². The molecule has 0 aliphatic carbocycles. The summed E-state index contributed by atoms with van der Waals surface area (Å²) in [4.78, 5) is 12.0. The molecular formula is C22H32N6O2S2. The maximum Gasteiger partial charge on any atom is 0.223 e. The molecular weight excluding hydrogens is 444 g/mol. The van der Waals surface area contributed by atoms with Crippen molar-refractivity contribution in [1.29, 1.82) is 0 Å². The van der Waals surface area contributed by atoms with Gasteiger partial charge in [-0.1, -0.05) is 24.1 Å². The van der Waals surface area contributed by atoms with E-state index in [9.17, 15) is 8.42 Å². The molecule has 3 aliphatic heterocycles. The lowest BCUT2D eigenvalue weighted by molar-refractivity contribution is 0.331. The molecule has 10 heteroatoms. The summed E-state index contributed by atoms with van der Waals surface area (Å²) in [5.74, 6) is 0.631. The van der Waals surface area contributed by atoms with Gasteiger partial charge in [0.05, 0.1) is 17.5 Å². The van der Waals surface area contributed by atoms with Gasteiger partial charge in [0, 0.05) is 62.3 Å². The van der Waals surface area contributed by atoms with E-state index in [1.54, 1.807) is 4.31 Å². The summed E-state index contributed by atoms with van der Waals surface area (Å²) < 4.78 is 27.6. The average Bonchev–Trinajstić information content (AvgIpc) is 3.39. The zero-order valence-corrected chi connectivity index (χ0v) is 20.5. The number of hydrogen-bond donors (Lipinski definition) is 1. The highest BCUT2D eigenvalue weighted by Crippen LogP contribution is 2.43. The van der Waals surface area contributed by atoms with Gasteiger partial charge in [0.25, 0.3) is 0 Å². The molecule has 1 N–H and O–H groups in total. The number of piperidine rings is 1. The van der Waals surface area contributed by atoms with E-state index >= 15 is 0 Å². The standard InChI is InChI=1S/C22H32N6O2S2/c1-31-27-13-9-22(16-27)8-12-26(15-22)19-5-3-4-17-14-23-21(25-20(17)19)24-18-6-10-28(11-7-18)32(2,29)30/h3-5,14,18H,6-13,15-16H2,1-2H3,(H,23,24,25). The molecule has 2 aromatic rings. The van der Waals surface area contributed by atoms with Crippen molar-refractivity contribution in [3.63, 3.8) is 0 Å². The van der Waals surface area contributed by atoms with Crippen LogP contribution in [0.4, 0.5) is 11.6 Å². The van der Waals surface area contributed by atoms with Gasteiger partial charge in [-0.3, -0.25) is 4.31 Å². The van der Waals surface area contributed by atoms with Crippen LogP contribution in [0.1, 0.15) is 25.7 Å². The zero-order valence-electron chi connectivity index (χ0n) is 18.8. The molecule has 174 valence electrons. The third kappa shape index (κ3) is 4.42. The Kier molecular flexibility index (Phi) is 5.98. The van der Waals surface area contributed by atoms with Gasteiger partial charge < -0.3 is 10.2 Å². The van der Waals surface area contributed by atoms with Crippen molar-refractivity contribution in [2.24, 2.45) is 5.41 Å². The lowest BCUT2D eigenvalue weighted by atomic mass is 9.86. The lowest BCUT2D eigenvalue weighted by Crippen LogP contribution is -2.42. The number of nitrogens with one attached hydrogen (secondary N) is 1. The summed E-state index contributed by atoms with van der Waals surface area (Å²) in [6.07, 6.45) is 9.37. The third-order valence-electron chi connectivity index (χ3n) is 7.29. The second-order valence-electron chi connectivity index (χ2n) is 9.46. The molecule has 4 heterocycles. The van der Waals surface area contributed by atoms with E-state index in [-0.39, 0.29) is 6.04 Å². The first-order chi connectivity index (χ1) is 15.4. The van der Waals surface area contributed by atoms with Crippen LogP contribution in [-0.2, 0) is 10.0 Å². The predicted molar refractivity (Wildman–Crippen MR) is 132 cm³/mol. The summed E-state index contributed by atoms with van der Waals surface area (Å²) in [6, 6.07) is 6.54. The fraction of sp³-hybridized carbons (Fsp3) is 0.636. The van der Waals surface area contributed by atoms with E-state index in [1.807, 2.05) is 18.1 Å². The van der Waals surface area contributed by atoms with Crippen LogP contribution in [0.2, 0.25) is 0 Å². The molecule has 1 aromatic heterocycles. The van der Waals surface area contributed by atoms with Crippen molar-refractivity contribution in [3.8, 4) is 0 Å². The monoisotopic (exact) mass is 476 g/mol. The van der Waals surface area contributed by atoms with Gasteiger partial charge in [-0.25, -0.2) is 22.7 Å². The summed E-state index contributed by atoms with van der Waals surface area (Å²) in [7, 11) is -3.12. The quantitative estimate of drug-likeness (QED) is 0.660. The van der Waals surface area contributed by atoms with E-state index in [0.29, 0.717) is 24.5 Å². The normalized spacial score (nSPS) is 25.9. The van der Waals surface area contributed by atoms with Crippen LogP contribution in [0.25, 0.3) is 10.9 Å². The van der Waals surface area contributed by atoms with Gasteiger partial charge in [0.1, 0.15) is 0 Å². The van der Waals surface area contributed by atoms with Crippen LogP contribution >= 0.6 is 11.9 Å². The highest BCUT2D eigenvalue weighted by Gasteiger charge is 2.43. The van der Waals surface area contributed by atoms with Gasteiger partial charge in [-0.2, -0.15) is 0 Å². The van der Waals surface area contributed by atoms with Crippen LogP contribution in [0.3, 0.4) is 0 Å². The Bertz CT molecular complexity index is 1090. The van der Waals surface area contributed by atoms with Gasteiger partial charge >= 0.3 is 0 Å². The number of rotatable bonds is 5. The van der Waals surface area contributed by atoms with Crippen LogP contribution in [0, 0.1) is 5.41 Å². The maximum atomic E-state index is 11.8. The van der Waals surface area contributed by atoms with Crippen molar-refractivity contribution in [2.75, 3.05) is 62.0 Å². The summed E-state index contributed by atoms with van der Waals surface area (Å²) in [5.41, 5.74) is 2.59. The van der Waals surface area contributed by atoms with Crippen molar-refractivity contribution < 1.29 is 8.42 Å². The Labute approximate surface area is 194 Å². The van der Waals surface area contributed by atoms with E-state index in [1.165, 1.54) is 37.9 Å². The Morgan fingerprint density at radius 1 is 1.12 bits per heavy atom. The number of fused-ring (bicyclic) bond motifs is 1. The highest BCUT2D eigenvalue weighted by molar-refractivity contribution is 7.96. The first-order valence-electron chi connectivity index (χ1n) is 11.4. The molecule has 0 amide bonds. The van der Waals surface area contributed by atoms with Crippen molar-refractivity contribution in [1.82, 2.24) is 18.6 Å². The molecule has 32 heavy (non-hydrogen) atoms. The van der Waals surface area contributed by atoms with Crippen LogP contribution < -0.4 is 10.2 Å². The molecule has 3 saturated heterocycles. The molecule has 0 bridgehead atoms. The largest absolute Gasteiger partial charge is 0.369 e. The maximum absolute atomic E-state index is 11.8. The molecule has 5 rings (SSSR count). The van der Waals surface area contributed by atoms with E-state index in [4.69, 9.17) is 4.98 Å². The van der Waals surface area contributed by atoms with Gasteiger partial charge in [0.15, 0.2) is 0 Å². The topological polar surface area (TPSA) is 81.7 Å². The van der Waals surface area contributed by atoms with Crippen LogP contribution in [0.5, 0.6) is 0 Å². The Morgan fingerprint density at radius 2 is 1.91 bits per heavy atom. The minimum atomic E-state index is -3.12. The number of nitrogens with zero attached hydrogens (tertiary/aromatic N) is 5. The Morgan fingerprint density at radius 3 is 2.62 bits per heavy atom. The van der Waals surface area contributed by atoms with E-state index < -0.39 is 10.0 Å². The Hall–Kier alpha value is -1.62. The van der Waals surface area contributed by atoms with Gasteiger partial charge in [-0.15, -0.1) is 0 Å². The first-order valence-corrected chi connectivity index (χ1v) is 14.4. The SMILES string of the molecule is CSN1CCC2(CCN(c3cccc4cnc(NC5CCN(S(C)(=O)=O)CC5)nc34)C2)C1. The predicted octanol–water partition coefficient (Wildman–Crippen LogP) is 2.65.